The molecule has 3 rings (SSSR count). The largest absolute Gasteiger partial charge is 0.378 e. The Morgan fingerprint density at radius 3 is 2.62 bits per heavy atom. The highest BCUT2D eigenvalue weighted by molar-refractivity contribution is 5.92. The number of hydrogen-bond donors (Lipinski definition) is 2. The van der Waals surface area contributed by atoms with Gasteiger partial charge in [-0.1, -0.05) is 6.07 Å². The van der Waals surface area contributed by atoms with Gasteiger partial charge in [0.1, 0.15) is 17.8 Å². The number of aromatic nitrogens is 3. The van der Waals surface area contributed by atoms with Gasteiger partial charge in [0.15, 0.2) is 0 Å². The first-order valence-electron chi connectivity index (χ1n) is 8.15. The molecule has 3 aromatic rings. The number of anilines is 3. The lowest BCUT2D eigenvalue weighted by Crippen LogP contribution is -2.24. The fourth-order valence-electron chi connectivity index (χ4n) is 2.32. The molecular weight excluding hydrogens is 328 g/mol. The third kappa shape index (κ3) is 4.54. The van der Waals surface area contributed by atoms with E-state index in [4.69, 9.17) is 0 Å². The Labute approximate surface area is 152 Å². The third-order valence-corrected chi connectivity index (χ3v) is 3.73. The molecule has 0 fully saturated rings. The number of hydrogen-bond acceptors (Lipinski definition) is 6. The first kappa shape index (κ1) is 17.3. The van der Waals surface area contributed by atoms with Crippen molar-refractivity contribution >= 4 is 23.1 Å². The van der Waals surface area contributed by atoms with Crippen molar-refractivity contribution in [1.82, 2.24) is 20.3 Å². The van der Waals surface area contributed by atoms with Crippen LogP contribution in [0.25, 0.3) is 0 Å². The molecule has 1 aromatic carbocycles. The van der Waals surface area contributed by atoms with Crippen LogP contribution < -0.4 is 15.5 Å². The Kier molecular flexibility index (Phi) is 5.38. The summed E-state index contributed by atoms with van der Waals surface area (Å²) in [5.74, 6) is 0.298. The van der Waals surface area contributed by atoms with Crippen molar-refractivity contribution in [1.29, 1.82) is 0 Å². The lowest BCUT2D eigenvalue weighted by molar-refractivity contribution is 0.0945. The molecule has 0 aliphatic carbocycles. The SMILES string of the molecule is CN(C)c1ccc(Nc2cc(C(=O)NCc3cccnc3)ncn2)cc1. The molecule has 7 heteroatoms. The zero-order chi connectivity index (χ0) is 18.4. The van der Waals surface area contributed by atoms with Crippen LogP contribution in [0.15, 0.2) is 61.2 Å². The first-order chi connectivity index (χ1) is 12.6. The van der Waals surface area contributed by atoms with Gasteiger partial charge in [-0.15, -0.1) is 0 Å². The van der Waals surface area contributed by atoms with Crippen LogP contribution in [-0.4, -0.2) is 35.0 Å². The second-order valence-corrected chi connectivity index (χ2v) is 5.90. The highest BCUT2D eigenvalue weighted by Gasteiger charge is 2.09. The molecule has 0 aliphatic rings. The molecule has 2 N–H and O–H groups in total. The maximum atomic E-state index is 12.3. The quantitative estimate of drug-likeness (QED) is 0.712. The average Bonchev–Trinajstić information content (AvgIpc) is 2.67. The first-order valence-corrected chi connectivity index (χ1v) is 8.15. The molecule has 1 amide bonds. The summed E-state index contributed by atoms with van der Waals surface area (Å²) in [5, 5.41) is 6.00. The van der Waals surface area contributed by atoms with E-state index in [0.29, 0.717) is 18.1 Å². The Balaban J connectivity index is 1.64. The number of rotatable bonds is 6. The number of nitrogens with one attached hydrogen (secondary N) is 2. The van der Waals surface area contributed by atoms with Crippen molar-refractivity contribution in [3.63, 3.8) is 0 Å². The molecule has 2 heterocycles. The number of carbonyl (C=O) groups excluding carboxylic acids is 1. The van der Waals surface area contributed by atoms with Crippen LogP contribution in [0.3, 0.4) is 0 Å². The fourth-order valence-corrected chi connectivity index (χ4v) is 2.32. The van der Waals surface area contributed by atoms with Gasteiger partial charge in [-0.3, -0.25) is 9.78 Å². The van der Waals surface area contributed by atoms with Gasteiger partial charge < -0.3 is 15.5 Å². The molecular formula is C19H20N6O. The minimum atomic E-state index is -0.262. The van der Waals surface area contributed by atoms with Gasteiger partial charge in [-0.05, 0) is 35.9 Å². The van der Waals surface area contributed by atoms with Crippen LogP contribution in [0, 0.1) is 0 Å². The zero-order valence-corrected chi connectivity index (χ0v) is 14.7. The molecule has 0 radical (unpaired) electrons. The number of nitrogens with zero attached hydrogens (tertiary/aromatic N) is 4. The van der Waals surface area contributed by atoms with Gasteiger partial charge in [0, 0.05) is 50.5 Å². The summed E-state index contributed by atoms with van der Waals surface area (Å²) >= 11 is 0. The van der Waals surface area contributed by atoms with Crippen molar-refractivity contribution in [2.75, 3.05) is 24.3 Å². The summed E-state index contributed by atoms with van der Waals surface area (Å²) in [7, 11) is 3.98. The van der Waals surface area contributed by atoms with Gasteiger partial charge in [0.25, 0.3) is 5.91 Å². The molecule has 0 aliphatic heterocycles. The monoisotopic (exact) mass is 348 g/mol. The van der Waals surface area contributed by atoms with E-state index in [-0.39, 0.29) is 5.91 Å². The summed E-state index contributed by atoms with van der Waals surface area (Å²) in [4.78, 5) is 26.6. The van der Waals surface area contributed by atoms with Crippen LogP contribution in [0.5, 0.6) is 0 Å². The van der Waals surface area contributed by atoms with E-state index in [1.54, 1.807) is 18.5 Å². The highest BCUT2D eigenvalue weighted by Crippen LogP contribution is 2.19. The molecule has 0 bridgehead atoms. The fraction of sp³-hybridized carbons (Fsp3) is 0.158. The standard InChI is InChI=1S/C19H20N6O/c1-25(2)16-7-5-15(6-8-16)24-18-10-17(22-13-23-18)19(26)21-12-14-4-3-9-20-11-14/h3-11,13H,12H2,1-2H3,(H,21,26)(H,22,23,24). The predicted octanol–water partition coefficient (Wildman–Crippen LogP) is 2.61. The van der Waals surface area contributed by atoms with Gasteiger partial charge in [-0.2, -0.15) is 0 Å². The normalized spacial score (nSPS) is 10.2. The van der Waals surface area contributed by atoms with Crippen molar-refractivity contribution in [3.8, 4) is 0 Å². The third-order valence-electron chi connectivity index (χ3n) is 3.73. The Morgan fingerprint density at radius 2 is 1.92 bits per heavy atom. The molecule has 132 valence electrons. The Morgan fingerprint density at radius 1 is 1.12 bits per heavy atom. The van der Waals surface area contributed by atoms with Crippen LogP contribution >= 0.6 is 0 Å². The number of pyridine rings is 1. The zero-order valence-electron chi connectivity index (χ0n) is 14.7. The predicted molar refractivity (Wildman–Crippen MR) is 101 cm³/mol. The van der Waals surface area contributed by atoms with Crippen molar-refractivity contribution < 1.29 is 4.79 Å². The number of amides is 1. The lowest BCUT2D eigenvalue weighted by atomic mass is 10.2. The Hall–Kier alpha value is -3.48. The number of benzene rings is 1. The molecule has 0 unspecified atom stereocenters. The number of carbonyl (C=O) groups is 1. The molecule has 26 heavy (non-hydrogen) atoms. The second kappa shape index (κ2) is 8.06. The Bertz CT molecular complexity index is 865. The molecule has 0 spiro atoms. The van der Waals surface area contributed by atoms with E-state index in [9.17, 15) is 4.79 Å². The summed E-state index contributed by atoms with van der Waals surface area (Å²) in [6.45, 7) is 0.394. The van der Waals surface area contributed by atoms with Crippen LogP contribution in [-0.2, 0) is 6.54 Å². The van der Waals surface area contributed by atoms with Crippen molar-refractivity contribution in [2.24, 2.45) is 0 Å². The smallest absolute Gasteiger partial charge is 0.270 e. The topological polar surface area (TPSA) is 83.0 Å². The maximum absolute atomic E-state index is 12.3. The maximum Gasteiger partial charge on any atom is 0.270 e. The summed E-state index contributed by atoms with van der Waals surface area (Å²) < 4.78 is 0. The lowest BCUT2D eigenvalue weighted by Gasteiger charge is -2.13. The van der Waals surface area contributed by atoms with E-state index >= 15 is 0 Å². The molecule has 7 nitrogen and oxygen atoms in total. The molecule has 2 aromatic heterocycles. The van der Waals surface area contributed by atoms with Gasteiger partial charge in [0.2, 0.25) is 0 Å². The minimum Gasteiger partial charge on any atom is -0.378 e. The van der Waals surface area contributed by atoms with E-state index in [0.717, 1.165) is 16.9 Å². The van der Waals surface area contributed by atoms with Crippen LogP contribution in [0.4, 0.5) is 17.2 Å². The van der Waals surface area contributed by atoms with E-state index in [1.165, 1.54) is 6.33 Å². The highest BCUT2D eigenvalue weighted by atomic mass is 16.1. The van der Waals surface area contributed by atoms with Crippen LogP contribution in [0.2, 0.25) is 0 Å². The van der Waals surface area contributed by atoms with Gasteiger partial charge in [0.05, 0.1) is 0 Å². The van der Waals surface area contributed by atoms with E-state index in [2.05, 4.69) is 25.6 Å². The molecule has 0 saturated heterocycles. The molecule has 0 atom stereocenters. The summed E-state index contributed by atoms with van der Waals surface area (Å²) in [6, 6.07) is 13.3. The van der Waals surface area contributed by atoms with Gasteiger partial charge >= 0.3 is 0 Å². The minimum absolute atomic E-state index is 0.262. The summed E-state index contributed by atoms with van der Waals surface area (Å²) in [6.07, 6.45) is 4.78. The van der Waals surface area contributed by atoms with E-state index in [1.807, 2.05) is 55.4 Å². The summed E-state index contributed by atoms with van der Waals surface area (Å²) in [5.41, 5.74) is 3.22. The van der Waals surface area contributed by atoms with Crippen molar-refractivity contribution in [3.05, 3.63) is 72.4 Å². The van der Waals surface area contributed by atoms with Crippen LogP contribution in [0.1, 0.15) is 16.1 Å². The van der Waals surface area contributed by atoms with Crippen molar-refractivity contribution in [2.45, 2.75) is 6.54 Å². The van der Waals surface area contributed by atoms with Gasteiger partial charge in [-0.25, -0.2) is 9.97 Å². The average molecular weight is 348 g/mol. The second-order valence-electron chi connectivity index (χ2n) is 5.90. The van der Waals surface area contributed by atoms with E-state index < -0.39 is 0 Å². The molecule has 0 saturated carbocycles.